The maximum atomic E-state index is 14.5. The van der Waals surface area contributed by atoms with E-state index in [4.69, 9.17) is 11.6 Å². The molecule has 2 aromatic carbocycles. The van der Waals surface area contributed by atoms with Gasteiger partial charge in [0.25, 0.3) is 10.0 Å². The van der Waals surface area contributed by atoms with Crippen LogP contribution in [0.25, 0.3) is 0 Å². The highest BCUT2D eigenvalue weighted by Gasteiger charge is 2.22. The monoisotopic (exact) mass is 523 g/mol. The van der Waals surface area contributed by atoms with Gasteiger partial charge in [-0.2, -0.15) is 0 Å². The average Bonchev–Trinajstić information content (AvgIpc) is 3.32. The number of hydrogen-bond acceptors (Lipinski definition) is 7. The van der Waals surface area contributed by atoms with E-state index in [0.717, 1.165) is 62.4 Å². The summed E-state index contributed by atoms with van der Waals surface area (Å²) < 4.78 is 41.7. The molecule has 7 nitrogen and oxygen atoms in total. The Morgan fingerprint density at radius 2 is 1.97 bits per heavy atom. The predicted molar refractivity (Wildman–Crippen MR) is 136 cm³/mol. The third kappa shape index (κ3) is 6.45. The molecule has 0 fully saturated rings. The van der Waals surface area contributed by atoms with Crippen LogP contribution in [-0.2, 0) is 23.0 Å². The number of nitrogens with one attached hydrogen (secondary N) is 4. The molecule has 0 amide bonds. The molecular weight excluding hydrogens is 497 g/mol. The van der Waals surface area contributed by atoms with Crippen molar-refractivity contribution in [1.82, 2.24) is 15.6 Å². The Morgan fingerprint density at radius 1 is 1.18 bits per heavy atom. The second kappa shape index (κ2) is 11.5. The zero-order valence-electron chi connectivity index (χ0n) is 18.5. The molecule has 0 spiro atoms. The molecule has 11 heteroatoms. The molecule has 0 radical (unpaired) electrons. The second-order valence-electron chi connectivity index (χ2n) is 8.09. The molecule has 0 aliphatic carbocycles. The van der Waals surface area contributed by atoms with Gasteiger partial charge in [0.15, 0.2) is 5.13 Å². The van der Waals surface area contributed by atoms with E-state index in [9.17, 15) is 12.8 Å². The summed E-state index contributed by atoms with van der Waals surface area (Å²) >= 11 is 7.32. The quantitative estimate of drug-likeness (QED) is 0.281. The van der Waals surface area contributed by atoms with Gasteiger partial charge in [0.2, 0.25) is 0 Å². The van der Waals surface area contributed by atoms with Crippen LogP contribution in [0.5, 0.6) is 0 Å². The van der Waals surface area contributed by atoms with Gasteiger partial charge in [-0.3, -0.25) is 4.72 Å². The van der Waals surface area contributed by atoms with Crippen molar-refractivity contribution in [1.29, 1.82) is 0 Å². The minimum absolute atomic E-state index is 0.141. The third-order valence-electron chi connectivity index (χ3n) is 5.62. The first-order chi connectivity index (χ1) is 16.4. The van der Waals surface area contributed by atoms with E-state index in [-0.39, 0.29) is 10.2 Å². The van der Waals surface area contributed by atoms with Crippen LogP contribution in [-0.4, -0.2) is 39.1 Å². The maximum absolute atomic E-state index is 14.5. The summed E-state index contributed by atoms with van der Waals surface area (Å²) in [4.78, 5) is 3.34. The Bertz CT molecular complexity index is 1210. The summed E-state index contributed by atoms with van der Waals surface area (Å²) in [5, 5.41) is 12.1. The zero-order valence-corrected chi connectivity index (χ0v) is 20.9. The molecule has 4 rings (SSSR count). The fourth-order valence-electron chi connectivity index (χ4n) is 3.85. The molecule has 4 N–H and O–H groups in total. The van der Waals surface area contributed by atoms with E-state index in [1.54, 1.807) is 5.38 Å². The molecule has 182 valence electrons. The standard InChI is InChI=1S/C23H27ClFN5O2S2/c24-19-12-22(34(31,32)30-23-28-9-10-33-23)20(25)13-21(19)27-8-4-3-7-26-15-18-11-16-5-1-2-6-17(16)14-29-18/h1-2,5-6,9-10,12-13,18,26-27,29H,3-4,7-8,11,14-15H2,(H,28,30)/t18-/m0/s1. The molecule has 1 aliphatic heterocycles. The number of benzene rings is 2. The number of fused-ring (bicyclic) bond motifs is 1. The number of sulfonamides is 1. The van der Waals surface area contributed by atoms with Crippen LogP contribution in [0.4, 0.5) is 15.2 Å². The molecule has 0 saturated carbocycles. The molecule has 34 heavy (non-hydrogen) atoms. The first-order valence-corrected chi connectivity index (χ1v) is 13.8. The molecule has 0 saturated heterocycles. The van der Waals surface area contributed by atoms with Gasteiger partial charge in [0.05, 0.1) is 10.7 Å². The van der Waals surface area contributed by atoms with Gasteiger partial charge in [-0.1, -0.05) is 35.9 Å². The number of thiazole rings is 1. The maximum Gasteiger partial charge on any atom is 0.266 e. The number of aromatic nitrogens is 1. The number of rotatable bonds is 11. The van der Waals surface area contributed by atoms with Crippen molar-refractivity contribution in [3.05, 3.63) is 69.9 Å². The molecule has 1 aliphatic rings. The van der Waals surface area contributed by atoms with E-state index in [0.29, 0.717) is 18.3 Å². The Kier molecular flexibility index (Phi) is 8.38. The number of nitrogens with zero attached hydrogens (tertiary/aromatic N) is 1. The normalized spacial score (nSPS) is 15.6. The van der Waals surface area contributed by atoms with Crippen molar-refractivity contribution < 1.29 is 12.8 Å². The van der Waals surface area contributed by atoms with Crippen LogP contribution in [0.15, 0.2) is 52.9 Å². The lowest BCUT2D eigenvalue weighted by molar-refractivity contribution is 0.445. The van der Waals surface area contributed by atoms with E-state index < -0.39 is 20.7 Å². The lowest BCUT2D eigenvalue weighted by atomic mass is 9.96. The number of halogens is 2. The summed E-state index contributed by atoms with van der Waals surface area (Å²) in [5.74, 6) is -0.876. The van der Waals surface area contributed by atoms with Gasteiger partial charge in [-0.25, -0.2) is 17.8 Å². The summed E-state index contributed by atoms with van der Waals surface area (Å²) in [6, 6.07) is 11.2. The van der Waals surface area contributed by atoms with Crippen molar-refractivity contribution in [2.45, 2.75) is 36.7 Å². The smallest absolute Gasteiger partial charge is 0.266 e. The Labute approximate surface area is 208 Å². The minimum atomic E-state index is -4.12. The van der Waals surface area contributed by atoms with Gasteiger partial charge >= 0.3 is 0 Å². The van der Waals surface area contributed by atoms with E-state index in [1.165, 1.54) is 17.3 Å². The van der Waals surface area contributed by atoms with Crippen molar-refractivity contribution in [2.24, 2.45) is 0 Å². The van der Waals surface area contributed by atoms with Crippen LogP contribution in [0.1, 0.15) is 24.0 Å². The summed E-state index contributed by atoms with van der Waals surface area (Å²) in [7, 11) is -4.12. The molecule has 0 bridgehead atoms. The molecule has 1 atom stereocenters. The van der Waals surface area contributed by atoms with Crippen molar-refractivity contribution >= 4 is 43.8 Å². The van der Waals surface area contributed by atoms with Gasteiger partial charge < -0.3 is 16.0 Å². The Hall–Kier alpha value is -2.24. The fraction of sp³-hybridized carbons (Fsp3) is 0.348. The van der Waals surface area contributed by atoms with Gasteiger partial charge in [-0.05, 0) is 49.1 Å². The first-order valence-electron chi connectivity index (χ1n) is 11.1. The summed E-state index contributed by atoms with van der Waals surface area (Å²) in [5.41, 5.74) is 3.16. The second-order valence-corrected chi connectivity index (χ2v) is 11.0. The zero-order chi connectivity index (χ0) is 24.0. The fourth-order valence-corrected chi connectivity index (χ4v) is 6.02. The Balaban J connectivity index is 1.18. The molecular formula is C23H27ClFN5O2S2. The van der Waals surface area contributed by atoms with Crippen molar-refractivity contribution in [3.8, 4) is 0 Å². The number of anilines is 2. The van der Waals surface area contributed by atoms with Gasteiger partial charge in [-0.15, -0.1) is 11.3 Å². The van der Waals surface area contributed by atoms with E-state index >= 15 is 0 Å². The van der Waals surface area contributed by atoms with Crippen LogP contribution < -0.4 is 20.7 Å². The number of unbranched alkanes of at least 4 members (excludes halogenated alkanes) is 1. The molecule has 1 aromatic heterocycles. The van der Waals surface area contributed by atoms with Crippen molar-refractivity contribution in [3.63, 3.8) is 0 Å². The average molecular weight is 524 g/mol. The molecule has 0 unspecified atom stereocenters. The van der Waals surface area contributed by atoms with Crippen LogP contribution in [0.2, 0.25) is 5.02 Å². The highest BCUT2D eigenvalue weighted by molar-refractivity contribution is 7.93. The largest absolute Gasteiger partial charge is 0.384 e. The molecule has 3 aromatic rings. The van der Waals surface area contributed by atoms with Gasteiger partial charge in [0.1, 0.15) is 10.7 Å². The summed E-state index contributed by atoms with van der Waals surface area (Å²) in [6.45, 7) is 3.29. The highest BCUT2D eigenvalue weighted by Crippen LogP contribution is 2.29. The summed E-state index contributed by atoms with van der Waals surface area (Å²) in [6.07, 6.45) is 4.29. The lowest BCUT2D eigenvalue weighted by Gasteiger charge is -2.26. The highest BCUT2D eigenvalue weighted by atomic mass is 35.5. The lowest BCUT2D eigenvalue weighted by Crippen LogP contribution is -2.43. The first kappa shape index (κ1) is 24.9. The van der Waals surface area contributed by atoms with Crippen LogP contribution >= 0.6 is 22.9 Å². The van der Waals surface area contributed by atoms with Crippen LogP contribution in [0.3, 0.4) is 0 Å². The van der Waals surface area contributed by atoms with E-state index in [1.807, 2.05) is 0 Å². The number of hydrogen-bond donors (Lipinski definition) is 4. The van der Waals surface area contributed by atoms with Gasteiger partial charge in [0, 0.05) is 37.3 Å². The van der Waals surface area contributed by atoms with Crippen molar-refractivity contribution in [2.75, 3.05) is 29.7 Å². The Morgan fingerprint density at radius 3 is 2.76 bits per heavy atom. The topological polar surface area (TPSA) is 95.2 Å². The third-order valence-corrected chi connectivity index (χ3v) is 8.10. The van der Waals surface area contributed by atoms with E-state index in [2.05, 4.69) is 49.9 Å². The minimum Gasteiger partial charge on any atom is -0.384 e. The predicted octanol–water partition coefficient (Wildman–Crippen LogP) is 4.23. The SMILES string of the molecule is O=S(=O)(Nc1nccs1)c1cc(Cl)c(NCCCCNC[C@@H]2Cc3ccccc3CN2)cc1F. The molecule has 2 heterocycles. The van der Waals surface area contributed by atoms with Crippen LogP contribution in [0, 0.1) is 5.82 Å².